The van der Waals surface area contributed by atoms with Crippen molar-refractivity contribution in [3.05, 3.63) is 35.4 Å². The highest BCUT2D eigenvalue weighted by Gasteiger charge is 2.15. The smallest absolute Gasteiger partial charge is 0.0991 e. The first-order chi connectivity index (χ1) is 6.88. The van der Waals surface area contributed by atoms with Crippen molar-refractivity contribution >= 4 is 0 Å². The normalized spacial score (nSPS) is 15.9. The van der Waals surface area contributed by atoms with Crippen molar-refractivity contribution in [3.63, 3.8) is 0 Å². The predicted molar refractivity (Wildman–Crippen MR) is 55.6 cm³/mol. The third kappa shape index (κ3) is 2.12. The zero-order chi connectivity index (χ0) is 9.80. The maximum atomic E-state index is 8.63. The summed E-state index contributed by atoms with van der Waals surface area (Å²) >= 11 is 0. The Labute approximate surface area is 84.6 Å². The van der Waals surface area contributed by atoms with Crippen molar-refractivity contribution < 1.29 is 0 Å². The highest BCUT2D eigenvalue weighted by Crippen LogP contribution is 2.18. The van der Waals surface area contributed by atoms with Crippen LogP contribution in [0.4, 0.5) is 0 Å². The summed E-state index contributed by atoms with van der Waals surface area (Å²) in [6.45, 7) is 0.927. The molecule has 1 saturated carbocycles. The average molecular weight is 186 g/mol. The third-order valence-electron chi connectivity index (χ3n) is 2.78. The van der Waals surface area contributed by atoms with Crippen LogP contribution in [0.25, 0.3) is 0 Å². The Morgan fingerprint density at radius 2 is 2.00 bits per heavy atom. The first-order valence-electron chi connectivity index (χ1n) is 5.11. The van der Waals surface area contributed by atoms with Gasteiger partial charge in [0, 0.05) is 12.6 Å². The second-order valence-electron chi connectivity index (χ2n) is 3.82. The van der Waals surface area contributed by atoms with Gasteiger partial charge in [0.05, 0.1) is 11.6 Å². The molecule has 1 N–H and O–H groups in total. The summed E-state index contributed by atoms with van der Waals surface area (Å²) < 4.78 is 0. The van der Waals surface area contributed by atoms with E-state index in [1.54, 1.807) is 0 Å². The van der Waals surface area contributed by atoms with E-state index in [4.69, 9.17) is 5.26 Å². The molecule has 0 unspecified atom stereocenters. The van der Waals surface area contributed by atoms with E-state index in [2.05, 4.69) is 11.4 Å². The molecule has 1 aromatic rings. The summed E-state index contributed by atoms with van der Waals surface area (Å²) in [5.74, 6) is 0. The van der Waals surface area contributed by atoms with E-state index in [1.807, 2.05) is 24.3 Å². The minimum atomic E-state index is 0.727. The molecular formula is C12H14N2. The fourth-order valence-electron chi connectivity index (χ4n) is 1.57. The summed E-state index contributed by atoms with van der Waals surface area (Å²) in [4.78, 5) is 0. The highest BCUT2D eigenvalue weighted by molar-refractivity contribution is 5.31. The molecule has 0 saturated heterocycles. The van der Waals surface area contributed by atoms with Crippen LogP contribution >= 0.6 is 0 Å². The van der Waals surface area contributed by atoms with Gasteiger partial charge in [0.1, 0.15) is 0 Å². The number of hydrogen-bond acceptors (Lipinski definition) is 2. The molecule has 0 radical (unpaired) electrons. The first-order valence-corrected chi connectivity index (χ1v) is 5.11. The van der Waals surface area contributed by atoms with Crippen LogP contribution in [-0.4, -0.2) is 6.04 Å². The molecule has 1 fully saturated rings. The molecule has 2 rings (SSSR count). The molecule has 1 aromatic carbocycles. The summed E-state index contributed by atoms with van der Waals surface area (Å²) in [6.07, 6.45) is 4.00. The van der Waals surface area contributed by atoms with Gasteiger partial charge in [-0.3, -0.25) is 0 Å². The molecular weight excluding hydrogens is 172 g/mol. The molecule has 2 heteroatoms. The Kier molecular flexibility index (Phi) is 2.81. The molecule has 0 amide bonds. The van der Waals surface area contributed by atoms with Gasteiger partial charge in [-0.05, 0) is 30.5 Å². The van der Waals surface area contributed by atoms with Crippen LogP contribution in [0.1, 0.15) is 30.4 Å². The van der Waals surface area contributed by atoms with Crippen molar-refractivity contribution in [3.8, 4) is 6.07 Å². The second-order valence-corrected chi connectivity index (χ2v) is 3.82. The Morgan fingerprint density at radius 3 is 2.50 bits per heavy atom. The average Bonchev–Trinajstić information content (AvgIpc) is 2.16. The lowest BCUT2D eigenvalue weighted by atomic mass is 9.93. The molecule has 1 aliphatic rings. The van der Waals surface area contributed by atoms with Gasteiger partial charge in [-0.15, -0.1) is 0 Å². The van der Waals surface area contributed by atoms with Crippen LogP contribution in [0.5, 0.6) is 0 Å². The van der Waals surface area contributed by atoms with Gasteiger partial charge in [0.25, 0.3) is 0 Å². The molecule has 0 aromatic heterocycles. The quantitative estimate of drug-likeness (QED) is 0.785. The van der Waals surface area contributed by atoms with Gasteiger partial charge < -0.3 is 5.32 Å². The molecule has 0 bridgehead atoms. The summed E-state index contributed by atoms with van der Waals surface area (Å²) in [5.41, 5.74) is 1.99. The van der Waals surface area contributed by atoms with Gasteiger partial charge in [-0.2, -0.15) is 5.26 Å². The fraction of sp³-hybridized carbons (Fsp3) is 0.417. The van der Waals surface area contributed by atoms with Crippen LogP contribution in [0.15, 0.2) is 24.3 Å². The molecule has 0 spiro atoms. The number of benzene rings is 1. The van der Waals surface area contributed by atoms with Gasteiger partial charge in [-0.25, -0.2) is 0 Å². The van der Waals surface area contributed by atoms with E-state index >= 15 is 0 Å². The van der Waals surface area contributed by atoms with Crippen molar-refractivity contribution in [2.45, 2.75) is 31.8 Å². The first kappa shape index (κ1) is 9.23. The number of nitriles is 1. The Hall–Kier alpha value is -1.33. The zero-order valence-corrected chi connectivity index (χ0v) is 8.16. The minimum absolute atomic E-state index is 0.727. The van der Waals surface area contributed by atoms with E-state index in [1.165, 1.54) is 24.8 Å². The monoisotopic (exact) mass is 186 g/mol. The Bertz CT molecular complexity index is 330. The molecule has 1 aliphatic carbocycles. The standard InChI is InChI=1S/C12H14N2/c13-8-10-4-6-11(7-5-10)9-14-12-2-1-3-12/h4-7,12,14H,1-3,9H2. The predicted octanol–water partition coefficient (Wildman–Crippen LogP) is 2.20. The number of nitrogens with one attached hydrogen (secondary N) is 1. The Morgan fingerprint density at radius 1 is 1.29 bits per heavy atom. The topological polar surface area (TPSA) is 35.8 Å². The molecule has 0 aliphatic heterocycles. The zero-order valence-electron chi connectivity index (χ0n) is 8.16. The molecule has 0 atom stereocenters. The molecule has 0 heterocycles. The van der Waals surface area contributed by atoms with Crippen LogP contribution in [-0.2, 0) is 6.54 Å². The van der Waals surface area contributed by atoms with Gasteiger partial charge in [0.15, 0.2) is 0 Å². The summed E-state index contributed by atoms with van der Waals surface area (Å²) in [6, 6.07) is 10.6. The van der Waals surface area contributed by atoms with E-state index < -0.39 is 0 Å². The number of hydrogen-bond donors (Lipinski definition) is 1. The lowest BCUT2D eigenvalue weighted by molar-refractivity contribution is 0.338. The molecule has 72 valence electrons. The second kappa shape index (κ2) is 4.26. The SMILES string of the molecule is N#Cc1ccc(CNC2CCC2)cc1. The van der Waals surface area contributed by atoms with Crippen LogP contribution in [0.3, 0.4) is 0 Å². The molecule has 2 nitrogen and oxygen atoms in total. The van der Waals surface area contributed by atoms with Gasteiger partial charge >= 0.3 is 0 Å². The molecule has 14 heavy (non-hydrogen) atoms. The maximum Gasteiger partial charge on any atom is 0.0991 e. The van der Waals surface area contributed by atoms with Crippen LogP contribution < -0.4 is 5.32 Å². The summed E-state index contributed by atoms with van der Waals surface area (Å²) in [5, 5.41) is 12.1. The maximum absolute atomic E-state index is 8.63. The number of rotatable bonds is 3. The van der Waals surface area contributed by atoms with Gasteiger partial charge in [0.2, 0.25) is 0 Å². The Balaban J connectivity index is 1.86. The largest absolute Gasteiger partial charge is 0.310 e. The van der Waals surface area contributed by atoms with E-state index in [0.717, 1.165) is 18.2 Å². The van der Waals surface area contributed by atoms with E-state index in [0.29, 0.717) is 0 Å². The third-order valence-corrected chi connectivity index (χ3v) is 2.78. The van der Waals surface area contributed by atoms with E-state index in [9.17, 15) is 0 Å². The van der Waals surface area contributed by atoms with Crippen molar-refractivity contribution in [2.75, 3.05) is 0 Å². The van der Waals surface area contributed by atoms with Gasteiger partial charge in [-0.1, -0.05) is 18.6 Å². The van der Waals surface area contributed by atoms with Crippen LogP contribution in [0, 0.1) is 11.3 Å². The lowest BCUT2D eigenvalue weighted by Crippen LogP contribution is -2.34. The van der Waals surface area contributed by atoms with Crippen molar-refractivity contribution in [2.24, 2.45) is 0 Å². The highest BCUT2D eigenvalue weighted by atomic mass is 14.9. The lowest BCUT2D eigenvalue weighted by Gasteiger charge is -2.26. The summed E-state index contributed by atoms with van der Waals surface area (Å²) in [7, 11) is 0. The number of nitrogens with zero attached hydrogens (tertiary/aromatic N) is 1. The minimum Gasteiger partial charge on any atom is -0.310 e. The van der Waals surface area contributed by atoms with Crippen LogP contribution in [0.2, 0.25) is 0 Å². The van der Waals surface area contributed by atoms with E-state index in [-0.39, 0.29) is 0 Å². The fourth-order valence-corrected chi connectivity index (χ4v) is 1.57. The van der Waals surface area contributed by atoms with Crippen molar-refractivity contribution in [1.29, 1.82) is 5.26 Å². The van der Waals surface area contributed by atoms with Crippen molar-refractivity contribution in [1.82, 2.24) is 5.32 Å².